The number of rotatable bonds is 7. The Balaban J connectivity index is 1.70. The number of ketones is 1. The Morgan fingerprint density at radius 1 is 1.25 bits per heavy atom. The van der Waals surface area contributed by atoms with Crippen LogP contribution < -0.4 is 0 Å². The molecule has 0 saturated heterocycles. The van der Waals surface area contributed by atoms with E-state index in [1.54, 1.807) is 0 Å². The Kier molecular flexibility index (Phi) is 5.39. The van der Waals surface area contributed by atoms with Crippen LogP contribution in [0.5, 0.6) is 0 Å². The number of Topliss-reactive ketones (excluding diaryl/α,β-unsaturated/α-hetero) is 1. The van der Waals surface area contributed by atoms with Crippen LogP contribution in [0.3, 0.4) is 0 Å². The second-order valence-electron chi connectivity index (χ2n) is 5.33. The highest BCUT2D eigenvalue weighted by atomic mass is 16.5. The van der Waals surface area contributed by atoms with E-state index in [0.29, 0.717) is 19.4 Å². The highest BCUT2D eigenvalue weighted by Gasteiger charge is 2.18. The standard InChI is InChI=1S/C16H23NO3/c1-2-20-16(19)9-4-3-5-10-17-11-13-7-6-8-15(18)14(13)12-17/h11-12H,2-10H2,1H3. The Morgan fingerprint density at radius 3 is 2.85 bits per heavy atom. The third kappa shape index (κ3) is 3.95. The van der Waals surface area contributed by atoms with Crippen molar-refractivity contribution >= 4 is 11.8 Å². The molecule has 0 unspecified atom stereocenters. The lowest BCUT2D eigenvalue weighted by Gasteiger charge is -2.07. The lowest BCUT2D eigenvalue weighted by molar-refractivity contribution is -0.143. The molecule has 0 aromatic carbocycles. The van der Waals surface area contributed by atoms with Gasteiger partial charge in [0.2, 0.25) is 0 Å². The summed E-state index contributed by atoms with van der Waals surface area (Å²) in [6.45, 7) is 3.21. The van der Waals surface area contributed by atoms with Gasteiger partial charge in [-0.15, -0.1) is 0 Å². The number of carbonyl (C=O) groups excluding carboxylic acids is 2. The first-order valence-corrected chi connectivity index (χ1v) is 7.58. The summed E-state index contributed by atoms with van der Waals surface area (Å²) in [6, 6.07) is 0. The van der Waals surface area contributed by atoms with E-state index in [4.69, 9.17) is 4.74 Å². The number of unbranched alkanes of at least 4 members (excludes halogenated alkanes) is 2. The van der Waals surface area contributed by atoms with E-state index in [0.717, 1.165) is 44.2 Å². The Bertz CT molecular complexity index is 476. The lowest BCUT2D eigenvalue weighted by atomic mass is 9.95. The number of nitrogens with zero attached hydrogens (tertiary/aromatic N) is 1. The minimum absolute atomic E-state index is 0.102. The molecule has 1 aromatic rings. The first-order valence-electron chi connectivity index (χ1n) is 7.58. The van der Waals surface area contributed by atoms with Crippen molar-refractivity contribution in [3.8, 4) is 0 Å². The predicted octanol–water partition coefficient (Wildman–Crippen LogP) is 3.13. The fourth-order valence-corrected chi connectivity index (χ4v) is 2.68. The number of hydrogen-bond donors (Lipinski definition) is 0. The molecule has 110 valence electrons. The molecule has 0 saturated carbocycles. The number of aromatic nitrogens is 1. The molecule has 0 atom stereocenters. The SMILES string of the molecule is CCOC(=O)CCCCCn1cc2c(c1)C(=O)CCC2. The Morgan fingerprint density at radius 2 is 2.10 bits per heavy atom. The van der Waals surface area contributed by atoms with E-state index in [9.17, 15) is 9.59 Å². The molecular weight excluding hydrogens is 254 g/mol. The lowest BCUT2D eigenvalue weighted by Crippen LogP contribution is -2.07. The summed E-state index contributed by atoms with van der Waals surface area (Å²) in [7, 11) is 0. The summed E-state index contributed by atoms with van der Waals surface area (Å²) in [5.74, 6) is 0.182. The highest BCUT2D eigenvalue weighted by molar-refractivity contribution is 5.98. The van der Waals surface area contributed by atoms with Gasteiger partial charge in [-0.2, -0.15) is 0 Å². The van der Waals surface area contributed by atoms with Gasteiger partial charge >= 0.3 is 5.97 Å². The van der Waals surface area contributed by atoms with E-state index in [2.05, 4.69) is 10.8 Å². The number of esters is 1. The van der Waals surface area contributed by atoms with Gasteiger partial charge in [0.25, 0.3) is 0 Å². The molecule has 2 rings (SSSR count). The summed E-state index contributed by atoms with van der Waals surface area (Å²) in [5.41, 5.74) is 2.12. The van der Waals surface area contributed by atoms with Crippen molar-refractivity contribution in [3.63, 3.8) is 0 Å². The molecule has 0 aliphatic heterocycles. The van der Waals surface area contributed by atoms with E-state index in [-0.39, 0.29) is 11.8 Å². The maximum atomic E-state index is 11.7. The maximum absolute atomic E-state index is 11.7. The molecule has 0 radical (unpaired) electrons. The smallest absolute Gasteiger partial charge is 0.305 e. The molecule has 4 nitrogen and oxygen atoms in total. The Labute approximate surface area is 120 Å². The minimum Gasteiger partial charge on any atom is -0.466 e. The van der Waals surface area contributed by atoms with Gasteiger partial charge in [-0.05, 0) is 38.2 Å². The van der Waals surface area contributed by atoms with Crippen LogP contribution in [0.15, 0.2) is 12.4 Å². The van der Waals surface area contributed by atoms with Crippen LogP contribution in [0.2, 0.25) is 0 Å². The van der Waals surface area contributed by atoms with Crippen LogP contribution in [-0.4, -0.2) is 22.9 Å². The van der Waals surface area contributed by atoms with Gasteiger partial charge in [0.15, 0.2) is 5.78 Å². The summed E-state index contributed by atoms with van der Waals surface area (Å²) < 4.78 is 7.02. The van der Waals surface area contributed by atoms with Crippen LogP contribution in [0.1, 0.15) is 61.4 Å². The first kappa shape index (κ1) is 14.8. The van der Waals surface area contributed by atoms with Gasteiger partial charge in [-0.25, -0.2) is 0 Å². The molecule has 20 heavy (non-hydrogen) atoms. The molecule has 0 bridgehead atoms. The maximum Gasteiger partial charge on any atom is 0.305 e. The minimum atomic E-state index is -0.102. The number of carbonyl (C=O) groups is 2. The summed E-state index contributed by atoms with van der Waals surface area (Å²) >= 11 is 0. The molecule has 1 heterocycles. The molecular formula is C16H23NO3. The summed E-state index contributed by atoms with van der Waals surface area (Å²) in [6.07, 6.45) is 10.2. The largest absolute Gasteiger partial charge is 0.466 e. The van der Waals surface area contributed by atoms with Crippen LogP contribution in [0.25, 0.3) is 0 Å². The van der Waals surface area contributed by atoms with Crippen molar-refractivity contribution in [3.05, 3.63) is 23.5 Å². The van der Waals surface area contributed by atoms with Gasteiger partial charge in [0, 0.05) is 37.3 Å². The van der Waals surface area contributed by atoms with Gasteiger partial charge in [-0.3, -0.25) is 9.59 Å². The third-order valence-electron chi connectivity index (χ3n) is 3.72. The fourth-order valence-electron chi connectivity index (χ4n) is 2.68. The molecule has 1 aliphatic carbocycles. The number of ether oxygens (including phenoxy) is 1. The van der Waals surface area contributed by atoms with Gasteiger partial charge in [0.05, 0.1) is 6.61 Å². The zero-order valence-corrected chi connectivity index (χ0v) is 12.2. The second-order valence-corrected chi connectivity index (χ2v) is 5.33. The monoisotopic (exact) mass is 277 g/mol. The highest BCUT2D eigenvalue weighted by Crippen LogP contribution is 2.22. The predicted molar refractivity (Wildman–Crippen MR) is 76.8 cm³/mol. The number of aryl methyl sites for hydroxylation is 2. The van der Waals surface area contributed by atoms with Gasteiger partial charge in [-0.1, -0.05) is 6.42 Å². The Hall–Kier alpha value is -1.58. The first-order chi connectivity index (χ1) is 9.70. The molecule has 1 aromatic heterocycles. The van der Waals surface area contributed by atoms with Crippen molar-refractivity contribution in [2.45, 2.75) is 58.4 Å². The van der Waals surface area contributed by atoms with Crippen molar-refractivity contribution in [2.24, 2.45) is 0 Å². The summed E-state index contributed by atoms with van der Waals surface area (Å²) in [4.78, 5) is 22.9. The zero-order chi connectivity index (χ0) is 14.4. The van der Waals surface area contributed by atoms with Crippen LogP contribution >= 0.6 is 0 Å². The average Bonchev–Trinajstić information content (AvgIpc) is 2.83. The van der Waals surface area contributed by atoms with Gasteiger partial charge < -0.3 is 9.30 Å². The molecule has 0 amide bonds. The third-order valence-corrected chi connectivity index (χ3v) is 3.72. The second kappa shape index (κ2) is 7.27. The average molecular weight is 277 g/mol. The zero-order valence-electron chi connectivity index (χ0n) is 12.2. The van der Waals surface area contributed by atoms with Crippen molar-refractivity contribution in [1.82, 2.24) is 4.57 Å². The number of hydrogen-bond acceptors (Lipinski definition) is 3. The number of fused-ring (bicyclic) bond motifs is 1. The molecule has 0 spiro atoms. The molecule has 1 aliphatic rings. The van der Waals surface area contributed by atoms with E-state index < -0.39 is 0 Å². The van der Waals surface area contributed by atoms with Crippen molar-refractivity contribution in [1.29, 1.82) is 0 Å². The van der Waals surface area contributed by atoms with Crippen molar-refractivity contribution < 1.29 is 14.3 Å². The molecule has 4 heteroatoms. The quantitative estimate of drug-likeness (QED) is 0.568. The van der Waals surface area contributed by atoms with Gasteiger partial charge in [0.1, 0.15) is 0 Å². The van der Waals surface area contributed by atoms with Crippen LogP contribution in [0.4, 0.5) is 0 Å². The van der Waals surface area contributed by atoms with E-state index in [1.165, 1.54) is 5.56 Å². The summed E-state index contributed by atoms with van der Waals surface area (Å²) in [5, 5.41) is 0. The van der Waals surface area contributed by atoms with Crippen LogP contribution in [-0.2, 0) is 22.5 Å². The van der Waals surface area contributed by atoms with Crippen LogP contribution in [0, 0.1) is 0 Å². The normalized spacial score (nSPS) is 14.2. The molecule has 0 N–H and O–H groups in total. The topological polar surface area (TPSA) is 48.3 Å². The fraction of sp³-hybridized carbons (Fsp3) is 0.625. The van der Waals surface area contributed by atoms with Crippen molar-refractivity contribution in [2.75, 3.05) is 6.61 Å². The molecule has 0 fully saturated rings. The van der Waals surface area contributed by atoms with E-state index in [1.807, 2.05) is 13.1 Å². The van der Waals surface area contributed by atoms with E-state index >= 15 is 0 Å².